The Morgan fingerprint density at radius 1 is 1.44 bits per heavy atom. The van der Waals surface area contributed by atoms with E-state index in [-0.39, 0.29) is 5.91 Å². The lowest BCUT2D eigenvalue weighted by atomic mass is 9.96. The Morgan fingerprint density at radius 3 is 2.96 bits per heavy atom. The number of rotatable bonds is 4. The number of hydrogen-bond donors (Lipinski definition) is 1. The van der Waals surface area contributed by atoms with Gasteiger partial charge in [0.1, 0.15) is 0 Å². The van der Waals surface area contributed by atoms with Crippen molar-refractivity contribution < 1.29 is 9.18 Å². The predicted molar refractivity (Wildman–Crippen MR) is 97.7 cm³/mol. The third-order valence-corrected chi connectivity index (χ3v) is 5.12. The first kappa shape index (κ1) is 17.7. The lowest BCUT2D eigenvalue weighted by molar-refractivity contribution is -0.114. The first-order valence-electron chi connectivity index (χ1n) is 8.27. The van der Waals surface area contributed by atoms with Crippen LogP contribution in [0.25, 0.3) is 6.08 Å². The van der Waals surface area contributed by atoms with Gasteiger partial charge in [0, 0.05) is 43.3 Å². The summed E-state index contributed by atoms with van der Waals surface area (Å²) in [5.74, 6) is -0.550. The van der Waals surface area contributed by atoms with Crippen molar-refractivity contribution in [2.24, 2.45) is 0 Å². The van der Waals surface area contributed by atoms with E-state index in [0.717, 1.165) is 36.4 Å². The number of thiazole rings is 1. The Labute approximate surface area is 150 Å². The van der Waals surface area contributed by atoms with E-state index >= 15 is 0 Å². The van der Waals surface area contributed by atoms with E-state index in [1.807, 2.05) is 6.20 Å². The summed E-state index contributed by atoms with van der Waals surface area (Å²) in [5.41, 5.74) is 2.31. The fraction of sp³-hybridized carbons (Fsp3) is 0.389. The molecule has 3 rings (SSSR count). The SMILES string of the molecule is CC(=O)Nc1ncc(CN2CCC(=Cc3ccc(F)nc3)CC2C)s1. The van der Waals surface area contributed by atoms with Crippen LogP contribution < -0.4 is 5.32 Å². The fourth-order valence-corrected chi connectivity index (χ4v) is 3.87. The van der Waals surface area contributed by atoms with E-state index in [0.29, 0.717) is 11.2 Å². The summed E-state index contributed by atoms with van der Waals surface area (Å²) < 4.78 is 12.9. The number of nitrogens with zero attached hydrogens (tertiary/aromatic N) is 3. The molecule has 1 aliphatic heterocycles. The first-order valence-corrected chi connectivity index (χ1v) is 9.08. The number of anilines is 1. The van der Waals surface area contributed by atoms with Gasteiger partial charge in [-0.3, -0.25) is 9.69 Å². The maximum Gasteiger partial charge on any atom is 0.223 e. The number of aromatic nitrogens is 2. The molecule has 1 unspecified atom stereocenters. The lowest BCUT2D eigenvalue weighted by Gasteiger charge is -2.34. The number of pyridine rings is 1. The van der Waals surface area contributed by atoms with Crippen molar-refractivity contribution in [1.82, 2.24) is 14.9 Å². The fourth-order valence-electron chi connectivity index (χ4n) is 2.98. The maximum atomic E-state index is 12.9. The second kappa shape index (κ2) is 7.84. The van der Waals surface area contributed by atoms with Gasteiger partial charge in [-0.2, -0.15) is 4.39 Å². The molecular weight excluding hydrogens is 339 g/mol. The Bertz CT molecular complexity index is 772. The minimum atomic E-state index is -0.450. The molecule has 5 nitrogen and oxygen atoms in total. The summed E-state index contributed by atoms with van der Waals surface area (Å²) in [6.45, 7) is 5.50. The van der Waals surface area contributed by atoms with Gasteiger partial charge in [-0.1, -0.05) is 11.6 Å². The quantitative estimate of drug-likeness (QED) is 0.845. The molecule has 2 aromatic rings. The van der Waals surface area contributed by atoms with Gasteiger partial charge in [0.05, 0.1) is 0 Å². The first-order chi connectivity index (χ1) is 12.0. The van der Waals surface area contributed by atoms with Crippen LogP contribution in [0.4, 0.5) is 9.52 Å². The molecule has 0 aromatic carbocycles. The van der Waals surface area contributed by atoms with Crippen LogP contribution in [0.2, 0.25) is 0 Å². The molecule has 7 heteroatoms. The molecule has 1 atom stereocenters. The molecule has 0 radical (unpaired) electrons. The number of nitrogens with one attached hydrogen (secondary N) is 1. The monoisotopic (exact) mass is 360 g/mol. The number of likely N-dealkylation sites (tertiary alicyclic amines) is 1. The molecule has 1 fully saturated rings. The molecule has 0 bridgehead atoms. The normalized spacial score (nSPS) is 20.0. The predicted octanol–water partition coefficient (Wildman–Crippen LogP) is 3.70. The van der Waals surface area contributed by atoms with Crippen LogP contribution in [0, 0.1) is 5.95 Å². The van der Waals surface area contributed by atoms with E-state index in [4.69, 9.17) is 0 Å². The van der Waals surface area contributed by atoms with Gasteiger partial charge in [-0.05, 0) is 37.5 Å². The number of piperidine rings is 1. The van der Waals surface area contributed by atoms with Crippen molar-refractivity contribution in [3.63, 3.8) is 0 Å². The summed E-state index contributed by atoms with van der Waals surface area (Å²) in [6, 6.07) is 3.56. The van der Waals surface area contributed by atoms with E-state index in [1.54, 1.807) is 12.3 Å². The van der Waals surface area contributed by atoms with Crippen LogP contribution in [0.5, 0.6) is 0 Å². The Balaban J connectivity index is 1.59. The van der Waals surface area contributed by atoms with Crippen molar-refractivity contribution in [3.05, 3.63) is 46.5 Å². The Hall–Kier alpha value is -2.12. The molecule has 1 saturated heterocycles. The molecule has 25 heavy (non-hydrogen) atoms. The number of carbonyl (C=O) groups is 1. The van der Waals surface area contributed by atoms with E-state index < -0.39 is 5.95 Å². The summed E-state index contributed by atoms with van der Waals surface area (Å²) in [4.78, 5) is 22.6. The van der Waals surface area contributed by atoms with Crippen LogP contribution >= 0.6 is 11.3 Å². The summed E-state index contributed by atoms with van der Waals surface area (Å²) in [6.07, 6.45) is 7.48. The van der Waals surface area contributed by atoms with Crippen molar-refractivity contribution in [3.8, 4) is 0 Å². The van der Waals surface area contributed by atoms with Gasteiger partial charge in [0.15, 0.2) is 5.13 Å². The van der Waals surface area contributed by atoms with Crippen molar-refractivity contribution in [2.45, 2.75) is 39.3 Å². The number of hydrogen-bond acceptors (Lipinski definition) is 5. The lowest BCUT2D eigenvalue weighted by Crippen LogP contribution is -2.37. The molecule has 0 saturated carbocycles. The average Bonchev–Trinajstić information content (AvgIpc) is 2.98. The second-order valence-electron chi connectivity index (χ2n) is 6.30. The van der Waals surface area contributed by atoms with Crippen LogP contribution in [-0.2, 0) is 11.3 Å². The molecule has 1 N–H and O–H groups in total. The van der Waals surface area contributed by atoms with Crippen LogP contribution in [0.1, 0.15) is 37.1 Å². The molecule has 1 aliphatic rings. The molecule has 0 aliphatic carbocycles. The molecule has 0 spiro atoms. The number of halogens is 1. The summed E-state index contributed by atoms with van der Waals surface area (Å²) in [5, 5.41) is 3.37. The zero-order valence-electron chi connectivity index (χ0n) is 14.3. The van der Waals surface area contributed by atoms with Crippen molar-refractivity contribution in [1.29, 1.82) is 0 Å². The highest BCUT2D eigenvalue weighted by atomic mass is 32.1. The number of carbonyl (C=O) groups excluding carboxylic acids is 1. The summed E-state index contributed by atoms with van der Waals surface area (Å²) in [7, 11) is 0. The average molecular weight is 360 g/mol. The zero-order valence-corrected chi connectivity index (χ0v) is 15.1. The minimum Gasteiger partial charge on any atom is -0.302 e. The van der Waals surface area contributed by atoms with Gasteiger partial charge < -0.3 is 5.32 Å². The van der Waals surface area contributed by atoms with Crippen LogP contribution in [0.15, 0.2) is 30.1 Å². The van der Waals surface area contributed by atoms with E-state index in [1.165, 1.54) is 29.9 Å². The standard InChI is InChI=1S/C18H21FN4OS/c1-12-7-14(8-15-3-4-17(19)20-9-15)5-6-23(12)11-16-10-21-18(25-16)22-13(2)24/h3-4,8-10,12H,5-7,11H2,1-2H3,(H,21,22,24). The third kappa shape index (κ3) is 4.93. The highest BCUT2D eigenvalue weighted by molar-refractivity contribution is 7.15. The van der Waals surface area contributed by atoms with Gasteiger partial charge in [0.2, 0.25) is 11.9 Å². The highest BCUT2D eigenvalue weighted by Gasteiger charge is 2.22. The van der Waals surface area contributed by atoms with Crippen molar-refractivity contribution >= 4 is 28.5 Å². The summed E-state index contributed by atoms with van der Waals surface area (Å²) >= 11 is 1.52. The molecule has 2 aromatic heterocycles. The third-order valence-electron chi connectivity index (χ3n) is 4.22. The Kier molecular flexibility index (Phi) is 5.55. The van der Waals surface area contributed by atoms with E-state index in [9.17, 15) is 9.18 Å². The van der Waals surface area contributed by atoms with E-state index in [2.05, 4.69) is 33.2 Å². The number of amides is 1. The van der Waals surface area contributed by atoms with Crippen LogP contribution in [0.3, 0.4) is 0 Å². The highest BCUT2D eigenvalue weighted by Crippen LogP contribution is 2.27. The van der Waals surface area contributed by atoms with Crippen LogP contribution in [-0.4, -0.2) is 33.4 Å². The van der Waals surface area contributed by atoms with Gasteiger partial charge in [0.25, 0.3) is 0 Å². The molecular formula is C18H21FN4OS. The smallest absolute Gasteiger partial charge is 0.223 e. The molecule has 132 valence electrons. The van der Waals surface area contributed by atoms with Gasteiger partial charge in [-0.15, -0.1) is 11.3 Å². The second-order valence-corrected chi connectivity index (χ2v) is 7.42. The molecule has 3 heterocycles. The molecule has 1 amide bonds. The zero-order chi connectivity index (χ0) is 17.8. The maximum absolute atomic E-state index is 12.9. The van der Waals surface area contributed by atoms with Gasteiger partial charge >= 0.3 is 0 Å². The van der Waals surface area contributed by atoms with Crippen molar-refractivity contribution in [2.75, 3.05) is 11.9 Å². The Morgan fingerprint density at radius 2 is 2.28 bits per heavy atom. The topological polar surface area (TPSA) is 58.1 Å². The van der Waals surface area contributed by atoms with Gasteiger partial charge in [-0.25, -0.2) is 9.97 Å². The minimum absolute atomic E-state index is 0.0997. The largest absolute Gasteiger partial charge is 0.302 e.